The van der Waals surface area contributed by atoms with Gasteiger partial charge in [0, 0.05) is 34.3 Å². The van der Waals surface area contributed by atoms with Gasteiger partial charge in [-0.05, 0) is 24.4 Å². The second kappa shape index (κ2) is 6.87. The first-order valence-corrected chi connectivity index (χ1v) is 9.13. The van der Waals surface area contributed by atoms with Crippen molar-refractivity contribution in [1.82, 2.24) is 20.4 Å². The molecular weight excluding hydrogens is 368 g/mol. The Morgan fingerprint density at radius 2 is 1.86 bits per heavy atom. The fourth-order valence-electron chi connectivity index (χ4n) is 3.35. The van der Waals surface area contributed by atoms with Crippen molar-refractivity contribution < 1.29 is 13.7 Å². The highest BCUT2D eigenvalue weighted by atomic mass is 16.5. The fourth-order valence-corrected chi connectivity index (χ4v) is 3.35. The largest absolute Gasteiger partial charge is 0.450 e. The van der Waals surface area contributed by atoms with E-state index in [0.29, 0.717) is 17.3 Å². The van der Waals surface area contributed by atoms with Crippen LogP contribution in [0.15, 0.2) is 69.9 Å². The normalized spacial score (nSPS) is 11.2. The average Bonchev–Trinajstić information content (AvgIpc) is 3.38. The van der Waals surface area contributed by atoms with Crippen LogP contribution in [0.1, 0.15) is 22.0 Å². The van der Waals surface area contributed by atoms with Gasteiger partial charge in [-0.2, -0.15) is 4.98 Å². The van der Waals surface area contributed by atoms with Gasteiger partial charge in [-0.1, -0.05) is 41.6 Å². The number of carbonyl (C=O) groups excluding carboxylic acids is 1. The number of amides is 1. The lowest BCUT2D eigenvalue weighted by Crippen LogP contribution is -2.23. The molecule has 0 fully saturated rings. The lowest BCUT2D eigenvalue weighted by atomic mass is 10.1. The molecule has 0 atom stereocenters. The molecule has 5 aromatic rings. The van der Waals surface area contributed by atoms with Crippen LogP contribution in [-0.4, -0.2) is 21.0 Å². The Morgan fingerprint density at radius 3 is 2.72 bits per heavy atom. The van der Waals surface area contributed by atoms with E-state index in [1.807, 2.05) is 43.3 Å². The maximum Gasteiger partial charge on any atom is 0.287 e. The predicted octanol–water partition coefficient (Wildman–Crippen LogP) is 4.27. The summed E-state index contributed by atoms with van der Waals surface area (Å²) in [6.45, 7) is 1.98. The van der Waals surface area contributed by atoms with Gasteiger partial charge in [0.25, 0.3) is 5.91 Å². The van der Waals surface area contributed by atoms with Gasteiger partial charge in [0.2, 0.25) is 11.7 Å². The zero-order valence-electron chi connectivity index (χ0n) is 15.5. The molecule has 2 aromatic carbocycles. The van der Waals surface area contributed by atoms with E-state index in [9.17, 15) is 4.79 Å². The molecule has 1 amide bonds. The molecule has 3 aromatic heterocycles. The summed E-state index contributed by atoms with van der Waals surface area (Å²) >= 11 is 0. The molecule has 0 saturated carbocycles. The number of carbonyl (C=O) groups is 1. The minimum absolute atomic E-state index is 0.105. The van der Waals surface area contributed by atoms with E-state index < -0.39 is 0 Å². The van der Waals surface area contributed by atoms with E-state index in [4.69, 9.17) is 8.94 Å². The van der Waals surface area contributed by atoms with E-state index in [1.54, 1.807) is 24.5 Å². The second-order valence-electron chi connectivity index (χ2n) is 6.65. The maximum atomic E-state index is 12.7. The highest BCUT2D eigenvalue weighted by Crippen LogP contribution is 2.31. The molecule has 0 aliphatic carbocycles. The summed E-state index contributed by atoms with van der Waals surface area (Å²) < 4.78 is 11.2. The van der Waals surface area contributed by atoms with E-state index in [-0.39, 0.29) is 18.2 Å². The Hall–Kier alpha value is -4.00. The van der Waals surface area contributed by atoms with Crippen molar-refractivity contribution in [2.75, 3.05) is 0 Å². The van der Waals surface area contributed by atoms with Crippen LogP contribution in [0.25, 0.3) is 33.1 Å². The van der Waals surface area contributed by atoms with Gasteiger partial charge < -0.3 is 14.3 Å². The molecule has 0 bridgehead atoms. The van der Waals surface area contributed by atoms with Crippen LogP contribution in [-0.2, 0) is 6.54 Å². The van der Waals surface area contributed by atoms with Crippen LogP contribution < -0.4 is 5.32 Å². The number of benzene rings is 2. The Balaban J connectivity index is 1.39. The number of nitrogens with zero attached hydrogens (tertiary/aromatic N) is 3. The van der Waals surface area contributed by atoms with Gasteiger partial charge in [-0.3, -0.25) is 9.78 Å². The molecule has 29 heavy (non-hydrogen) atoms. The molecule has 0 radical (unpaired) electrons. The lowest BCUT2D eigenvalue weighted by Gasteiger charge is -2.00. The van der Waals surface area contributed by atoms with Crippen molar-refractivity contribution in [3.63, 3.8) is 0 Å². The molecule has 0 saturated heterocycles. The number of aromatic nitrogens is 3. The molecule has 0 spiro atoms. The highest BCUT2D eigenvalue weighted by molar-refractivity contribution is 6.08. The summed E-state index contributed by atoms with van der Waals surface area (Å²) in [5, 5.41) is 9.69. The molecule has 5 rings (SSSR count). The number of furan rings is 1. The van der Waals surface area contributed by atoms with E-state index in [0.717, 1.165) is 27.3 Å². The van der Waals surface area contributed by atoms with Crippen molar-refractivity contribution in [3.8, 4) is 11.4 Å². The van der Waals surface area contributed by atoms with E-state index in [1.165, 1.54) is 0 Å². The third-order valence-corrected chi connectivity index (χ3v) is 4.84. The van der Waals surface area contributed by atoms with Gasteiger partial charge in [0.05, 0.1) is 6.54 Å². The van der Waals surface area contributed by atoms with Gasteiger partial charge >= 0.3 is 0 Å². The molecular formula is C22H16N4O3. The van der Waals surface area contributed by atoms with Crippen LogP contribution >= 0.6 is 0 Å². The average molecular weight is 384 g/mol. The molecule has 3 heterocycles. The Kier molecular flexibility index (Phi) is 4.05. The van der Waals surface area contributed by atoms with Crippen LogP contribution in [0.4, 0.5) is 0 Å². The van der Waals surface area contributed by atoms with Crippen molar-refractivity contribution in [2.45, 2.75) is 13.5 Å². The first-order chi connectivity index (χ1) is 14.2. The van der Waals surface area contributed by atoms with Crippen LogP contribution in [0.2, 0.25) is 0 Å². The van der Waals surface area contributed by atoms with Gasteiger partial charge in [-0.15, -0.1) is 0 Å². The van der Waals surface area contributed by atoms with Crippen molar-refractivity contribution in [2.24, 2.45) is 0 Å². The minimum Gasteiger partial charge on any atom is -0.450 e. The predicted molar refractivity (Wildman–Crippen MR) is 107 cm³/mol. The topological polar surface area (TPSA) is 94.1 Å². The highest BCUT2D eigenvalue weighted by Gasteiger charge is 2.19. The van der Waals surface area contributed by atoms with Crippen LogP contribution in [0, 0.1) is 6.92 Å². The zero-order chi connectivity index (χ0) is 19.8. The first kappa shape index (κ1) is 17.1. The number of pyridine rings is 1. The molecule has 142 valence electrons. The van der Waals surface area contributed by atoms with Gasteiger partial charge in [0.15, 0.2) is 5.76 Å². The number of rotatable bonds is 4. The smallest absolute Gasteiger partial charge is 0.287 e. The van der Waals surface area contributed by atoms with E-state index >= 15 is 0 Å². The molecule has 0 aliphatic rings. The Labute approximate surface area is 165 Å². The third-order valence-electron chi connectivity index (χ3n) is 4.84. The summed E-state index contributed by atoms with van der Waals surface area (Å²) in [4.78, 5) is 21.0. The summed E-state index contributed by atoms with van der Waals surface area (Å²) in [5.74, 6) is 0.712. The van der Waals surface area contributed by atoms with Gasteiger partial charge in [-0.25, -0.2) is 0 Å². The van der Waals surface area contributed by atoms with Crippen molar-refractivity contribution >= 4 is 27.6 Å². The molecule has 7 heteroatoms. The maximum absolute atomic E-state index is 12.7. The second-order valence-corrected chi connectivity index (χ2v) is 6.65. The van der Waals surface area contributed by atoms with Crippen molar-refractivity contribution in [1.29, 1.82) is 0 Å². The summed E-state index contributed by atoms with van der Waals surface area (Å²) in [7, 11) is 0. The van der Waals surface area contributed by atoms with Crippen molar-refractivity contribution in [3.05, 3.63) is 78.1 Å². The SMILES string of the molecule is Cc1c(C(=O)NCc2nc(-c3ccncc3)no2)oc2c1ccc1ccccc12. The number of aryl methyl sites for hydroxylation is 1. The summed E-state index contributed by atoms with van der Waals surface area (Å²) in [6, 6.07) is 15.5. The number of nitrogens with one attached hydrogen (secondary N) is 1. The number of hydrogen-bond donors (Lipinski definition) is 1. The molecule has 1 N–H and O–H groups in total. The molecule has 0 unspecified atom stereocenters. The van der Waals surface area contributed by atoms with E-state index in [2.05, 4.69) is 20.4 Å². The summed E-state index contributed by atoms with van der Waals surface area (Å²) in [5.41, 5.74) is 2.30. The third kappa shape index (κ3) is 3.02. The zero-order valence-corrected chi connectivity index (χ0v) is 15.5. The molecule has 0 aliphatic heterocycles. The van der Waals surface area contributed by atoms with Crippen LogP contribution in [0.3, 0.4) is 0 Å². The Bertz CT molecular complexity index is 1340. The first-order valence-electron chi connectivity index (χ1n) is 9.13. The quantitative estimate of drug-likeness (QED) is 0.497. The summed E-state index contributed by atoms with van der Waals surface area (Å²) in [6.07, 6.45) is 3.31. The van der Waals surface area contributed by atoms with Gasteiger partial charge in [0.1, 0.15) is 5.58 Å². The minimum atomic E-state index is -0.327. The lowest BCUT2D eigenvalue weighted by molar-refractivity contribution is 0.0920. The standard InChI is InChI=1S/C22H16N4O3/c1-13-16-7-6-14-4-2-3-5-17(14)20(16)28-19(13)22(27)24-12-18-25-21(26-29-18)15-8-10-23-11-9-15/h2-11H,12H2,1H3,(H,24,27). The number of hydrogen-bond acceptors (Lipinski definition) is 6. The monoisotopic (exact) mass is 384 g/mol. The molecule has 7 nitrogen and oxygen atoms in total. The van der Waals surface area contributed by atoms with Crippen LogP contribution in [0.5, 0.6) is 0 Å². The Morgan fingerprint density at radius 1 is 1.03 bits per heavy atom. The number of fused-ring (bicyclic) bond motifs is 3. The fraction of sp³-hybridized carbons (Fsp3) is 0.0909.